The number of rotatable bonds is 1. The molecule has 1 aromatic heterocycles. The van der Waals surface area contributed by atoms with Gasteiger partial charge in [-0.05, 0) is 44.2 Å². The Morgan fingerprint density at radius 2 is 2.19 bits per heavy atom. The van der Waals surface area contributed by atoms with Gasteiger partial charge < -0.3 is 10.6 Å². The molecule has 2 rings (SSSR count). The molecule has 0 aliphatic carbocycles. The third-order valence-corrected chi connectivity index (χ3v) is 3.44. The van der Waals surface area contributed by atoms with Crippen molar-refractivity contribution in [1.82, 2.24) is 4.98 Å². The number of nitrogen functional groups attached to an aromatic ring is 1. The summed E-state index contributed by atoms with van der Waals surface area (Å²) in [5, 5.41) is 0. The van der Waals surface area contributed by atoms with E-state index in [0.717, 1.165) is 29.5 Å². The first-order chi connectivity index (χ1) is 7.58. The Kier molecular flexibility index (Phi) is 3.03. The Morgan fingerprint density at radius 1 is 1.44 bits per heavy atom. The van der Waals surface area contributed by atoms with Gasteiger partial charge in [-0.3, -0.25) is 0 Å². The normalized spacial score (nSPS) is 25.8. The van der Waals surface area contributed by atoms with E-state index in [9.17, 15) is 0 Å². The van der Waals surface area contributed by atoms with Gasteiger partial charge in [0.05, 0.1) is 5.69 Å². The van der Waals surface area contributed by atoms with Crippen LogP contribution in [0.4, 0.5) is 11.5 Å². The van der Waals surface area contributed by atoms with Gasteiger partial charge in [-0.2, -0.15) is 0 Å². The largest absolute Gasteiger partial charge is 0.396 e. The molecule has 88 valence electrons. The van der Waals surface area contributed by atoms with E-state index in [4.69, 9.17) is 5.73 Å². The van der Waals surface area contributed by atoms with Crippen LogP contribution in [0.15, 0.2) is 12.3 Å². The molecule has 1 saturated heterocycles. The topological polar surface area (TPSA) is 42.2 Å². The first-order valence-electron chi connectivity index (χ1n) is 6.06. The molecular weight excluding hydrogens is 198 g/mol. The van der Waals surface area contributed by atoms with Crippen molar-refractivity contribution in [2.75, 3.05) is 17.2 Å². The molecule has 2 N–H and O–H groups in total. The summed E-state index contributed by atoms with van der Waals surface area (Å²) in [5.74, 6) is 1.78. The number of hydrogen-bond acceptors (Lipinski definition) is 3. The summed E-state index contributed by atoms with van der Waals surface area (Å²) < 4.78 is 0. The summed E-state index contributed by atoms with van der Waals surface area (Å²) in [7, 11) is 0. The van der Waals surface area contributed by atoms with E-state index in [1.807, 2.05) is 19.2 Å². The minimum atomic E-state index is 0.543. The predicted molar refractivity (Wildman–Crippen MR) is 68.6 cm³/mol. The average molecular weight is 219 g/mol. The highest BCUT2D eigenvalue weighted by molar-refractivity contribution is 5.63. The number of hydrogen-bond donors (Lipinski definition) is 1. The molecule has 0 aromatic carbocycles. The van der Waals surface area contributed by atoms with Gasteiger partial charge in [-0.25, -0.2) is 4.98 Å². The van der Waals surface area contributed by atoms with Crippen molar-refractivity contribution in [1.29, 1.82) is 0 Å². The van der Waals surface area contributed by atoms with Crippen molar-refractivity contribution in [3.8, 4) is 0 Å². The van der Waals surface area contributed by atoms with E-state index < -0.39 is 0 Å². The second-order valence-corrected chi connectivity index (χ2v) is 5.10. The Morgan fingerprint density at radius 3 is 2.81 bits per heavy atom. The predicted octanol–water partition coefficient (Wildman–Crippen LogP) is 2.60. The quantitative estimate of drug-likeness (QED) is 0.789. The van der Waals surface area contributed by atoms with Gasteiger partial charge in [-0.15, -0.1) is 0 Å². The summed E-state index contributed by atoms with van der Waals surface area (Å²) >= 11 is 0. The van der Waals surface area contributed by atoms with Crippen molar-refractivity contribution in [2.24, 2.45) is 5.92 Å². The second-order valence-electron chi connectivity index (χ2n) is 5.10. The third kappa shape index (κ3) is 2.13. The number of piperidine rings is 1. The Balaban J connectivity index is 2.23. The maximum absolute atomic E-state index is 6.04. The second kappa shape index (κ2) is 4.32. The molecule has 3 heteroatoms. The third-order valence-electron chi connectivity index (χ3n) is 3.44. The molecule has 3 nitrogen and oxygen atoms in total. The Labute approximate surface area is 97.7 Å². The highest BCUT2D eigenvalue weighted by Gasteiger charge is 2.24. The zero-order valence-electron chi connectivity index (χ0n) is 10.4. The molecule has 1 fully saturated rings. The SMILES string of the molecule is Cc1cnc(N2CCC(C)CC2C)c(N)c1. The van der Waals surface area contributed by atoms with Gasteiger partial charge in [0, 0.05) is 18.8 Å². The molecular formula is C13H21N3. The number of nitrogens with zero attached hydrogens (tertiary/aromatic N) is 2. The number of aryl methyl sites for hydroxylation is 1. The molecule has 1 aliphatic heterocycles. The van der Waals surface area contributed by atoms with Crippen molar-refractivity contribution in [3.63, 3.8) is 0 Å². The number of pyridine rings is 1. The first kappa shape index (κ1) is 11.2. The Hall–Kier alpha value is -1.25. The summed E-state index contributed by atoms with van der Waals surface area (Å²) in [6.07, 6.45) is 4.37. The van der Waals surface area contributed by atoms with Crippen LogP contribution in [-0.2, 0) is 0 Å². The standard InChI is InChI=1S/C13H21N3/c1-9-4-5-16(11(3)6-9)13-12(14)7-10(2)8-15-13/h7-9,11H,4-6,14H2,1-3H3. The molecule has 0 saturated carbocycles. The molecule has 2 heterocycles. The molecule has 2 atom stereocenters. The van der Waals surface area contributed by atoms with Crippen molar-refractivity contribution >= 4 is 11.5 Å². The lowest BCUT2D eigenvalue weighted by Gasteiger charge is -2.37. The minimum Gasteiger partial charge on any atom is -0.396 e. The molecule has 2 unspecified atom stereocenters. The highest BCUT2D eigenvalue weighted by atomic mass is 15.2. The monoisotopic (exact) mass is 219 g/mol. The maximum Gasteiger partial charge on any atom is 0.152 e. The van der Waals surface area contributed by atoms with Crippen LogP contribution >= 0.6 is 0 Å². The van der Waals surface area contributed by atoms with Crippen LogP contribution in [0.25, 0.3) is 0 Å². The van der Waals surface area contributed by atoms with Gasteiger partial charge in [0.15, 0.2) is 5.82 Å². The minimum absolute atomic E-state index is 0.543. The van der Waals surface area contributed by atoms with E-state index in [2.05, 4.69) is 23.7 Å². The zero-order valence-corrected chi connectivity index (χ0v) is 10.4. The average Bonchev–Trinajstić information content (AvgIpc) is 2.19. The molecule has 0 amide bonds. The van der Waals surface area contributed by atoms with Crippen LogP contribution in [0.5, 0.6) is 0 Å². The van der Waals surface area contributed by atoms with Crippen LogP contribution in [0.2, 0.25) is 0 Å². The summed E-state index contributed by atoms with van der Waals surface area (Å²) in [6, 6.07) is 2.55. The van der Waals surface area contributed by atoms with Crippen LogP contribution in [0, 0.1) is 12.8 Å². The van der Waals surface area contributed by atoms with Gasteiger partial charge in [0.25, 0.3) is 0 Å². The van der Waals surface area contributed by atoms with Crippen LogP contribution in [-0.4, -0.2) is 17.6 Å². The molecule has 1 aromatic rings. The van der Waals surface area contributed by atoms with Crippen LogP contribution in [0.1, 0.15) is 32.3 Å². The molecule has 1 aliphatic rings. The lowest BCUT2D eigenvalue weighted by molar-refractivity contribution is 0.376. The first-order valence-corrected chi connectivity index (χ1v) is 6.06. The van der Waals surface area contributed by atoms with Crippen molar-refractivity contribution < 1.29 is 0 Å². The molecule has 0 radical (unpaired) electrons. The molecule has 16 heavy (non-hydrogen) atoms. The van der Waals surface area contributed by atoms with Crippen LogP contribution in [0.3, 0.4) is 0 Å². The lowest BCUT2D eigenvalue weighted by Crippen LogP contribution is -2.41. The van der Waals surface area contributed by atoms with E-state index in [0.29, 0.717) is 6.04 Å². The highest BCUT2D eigenvalue weighted by Crippen LogP contribution is 2.30. The van der Waals surface area contributed by atoms with Gasteiger partial charge in [0.1, 0.15) is 0 Å². The van der Waals surface area contributed by atoms with Crippen molar-refractivity contribution in [3.05, 3.63) is 17.8 Å². The van der Waals surface area contributed by atoms with E-state index >= 15 is 0 Å². The number of aromatic nitrogens is 1. The maximum atomic E-state index is 6.04. The summed E-state index contributed by atoms with van der Waals surface area (Å²) in [6.45, 7) is 7.67. The van der Waals surface area contributed by atoms with Gasteiger partial charge >= 0.3 is 0 Å². The lowest BCUT2D eigenvalue weighted by atomic mass is 9.93. The number of nitrogens with two attached hydrogens (primary N) is 1. The van der Waals surface area contributed by atoms with Crippen LogP contribution < -0.4 is 10.6 Å². The molecule has 0 spiro atoms. The number of anilines is 2. The van der Waals surface area contributed by atoms with Gasteiger partial charge in [-0.1, -0.05) is 6.92 Å². The summed E-state index contributed by atoms with van der Waals surface area (Å²) in [4.78, 5) is 6.82. The fraction of sp³-hybridized carbons (Fsp3) is 0.615. The molecule has 0 bridgehead atoms. The fourth-order valence-corrected chi connectivity index (χ4v) is 2.55. The Bertz CT molecular complexity index is 375. The van der Waals surface area contributed by atoms with E-state index in [1.54, 1.807) is 0 Å². The summed E-state index contributed by atoms with van der Waals surface area (Å²) in [5.41, 5.74) is 7.98. The fourth-order valence-electron chi connectivity index (χ4n) is 2.55. The van der Waals surface area contributed by atoms with Gasteiger partial charge in [0.2, 0.25) is 0 Å². The van der Waals surface area contributed by atoms with Crippen molar-refractivity contribution in [2.45, 2.75) is 39.7 Å². The zero-order chi connectivity index (χ0) is 11.7. The van der Waals surface area contributed by atoms with E-state index in [-0.39, 0.29) is 0 Å². The smallest absolute Gasteiger partial charge is 0.152 e. The van der Waals surface area contributed by atoms with E-state index in [1.165, 1.54) is 12.8 Å².